The normalized spacial score (nSPS) is 30.4. The van der Waals surface area contributed by atoms with Crippen molar-refractivity contribution in [1.29, 1.82) is 5.41 Å². The zero-order valence-electron chi connectivity index (χ0n) is 3.85. The molecule has 0 aromatic rings. The van der Waals surface area contributed by atoms with Crippen LogP contribution in [0, 0.1) is 5.41 Å². The Morgan fingerprint density at radius 2 is 2.57 bits per heavy atom. The summed E-state index contributed by atoms with van der Waals surface area (Å²) in [6.45, 7) is 0. The van der Waals surface area contributed by atoms with E-state index in [9.17, 15) is 0 Å². The lowest BCUT2D eigenvalue weighted by Crippen LogP contribution is -2.02. The summed E-state index contributed by atoms with van der Waals surface area (Å²) in [4.78, 5) is 0. The molecule has 3 heteroatoms. The minimum Gasteiger partial charge on any atom is -0.453 e. The molecule has 0 saturated carbocycles. The van der Waals surface area contributed by atoms with E-state index in [1.165, 1.54) is 0 Å². The van der Waals surface area contributed by atoms with Crippen molar-refractivity contribution in [2.75, 3.05) is 0 Å². The van der Waals surface area contributed by atoms with Gasteiger partial charge in [0.25, 0.3) is 0 Å². The number of aliphatic hydroxyl groups is 1. The van der Waals surface area contributed by atoms with Crippen LogP contribution >= 0.6 is 0 Å². The molecule has 3 nitrogen and oxygen atoms in total. The summed E-state index contributed by atoms with van der Waals surface area (Å²) in [5, 5.41) is 15.3. The molecule has 0 aromatic heterocycles. The smallest absolute Gasteiger partial charge is 0.199 e. The van der Waals surface area contributed by atoms with Crippen molar-refractivity contribution in [1.82, 2.24) is 0 Å². The van der Waals surface area contributed by atoms with E-state index < -0.39 is 6.29 Å². The molecule has 1 unspecified atom stereocenters. The summed E-state index contributed by atoms with van der Waals surface area (Å²) >= 11 is 0. The quantitative estimate of drug-likeness (QED) is 0.454. The minimum absolute atomic E-state index is 0.201. The summed E-state index contributed by atoms with van der Waals surface area (Å²) in [5.41, 5.74) is 0. The maximum absolute atomic E-state index is 8.54. The molecule has 0 bridgehead atoms. The van der Waals surface area contributed by atoms with Crippen LogP contribution in [-0.4, -0.2) is 17.3 Å². The topological polar surface area (TPSA) is 53.3 Å². The maximum atomic E-state index is 8.54. The van der Waals surface area contributed by atoms with Crippen LogP contribution in [0.25, 0.3) is 0 Å². The molecule has 0 aromatic carbocycles. The average molecular weight is 101 g/mol. The molecule has 0 radical (unpaired) electrons. The monoisotopic (exact) mass is 101 g/mol. The zero-order valence-corrected chi connectivity index (χ0v) is 3.85. The van der Waals surface area contributed by atoms with E-state index in [1.807, 2.05) is 0 Å². The molecule has 1 atom stereocenters. The van der Waals surface area contributed by atoms with Crippen LogP contribution in [0.2, 0.25) is 0 Å². The van der Waals surface area contributed by atoms with E-state index in [0.29, 0.717) is 12.8 Å². The molecule has 2 N–H and O–H groups in total. The first-order chi connectivity index (χ1) is 3.29. The van der Waals surface area contributed by atoms with Crippen LogP contribution in [0.3, 0.4) is 0 Å². The van der Waals surface area contributed by atoms with Gasteiger partial charge in [0, 0.05) is 12.8 Å². The molecule has 1 saturated heterocycles. The van der Waals surface area contributed by atoms with E-state index in [4.69, 9.17) is 10.5 Å². The Labute approximate surface area is 41.4 Å². The largest absolute Gasteiger partial charge is 0.453 e. The summed E-state index contributed by atoms with van der Waals surface area (Å²) in [6.07, 6.45) is 0.465. The first-order valence-electron chi connectivity index (χ1n) is 2.21. The lowest BCUT2D eigenvalue weighted by molar-refractivity contribution is -0.00923. The molecule has 1 heterocycles. The number of nitrogens with one attached hydrogen (secondary N) is 1. The number of rotatable bonds is 0. The Bertz CT molecular complexity index is 91.7. The number of hydrogen-bond donors (Lipinski definition) is 2. The van der Waals surface area contributed by atoms with Crippen molar-refractivity contribution in [3.05, 3.63) is 0 Å². The highest BCUT2D eigenvalue weighted by Gasteiger charge is 2.16. The number of ether oxygens (including phenoxy) is 1. The molecule has 0 amide bonds. The van der Waals surface area contributed by atoms with Gasteiger partial charge in [-0.1, -0.05) is 0 Å². The van der Waals surface area contributed by atoms with Crippen LogP contribution in [0.1, 0.15) is 12.8 Å². The molecular weight excluding hydrogens is 94.0 g/mol. The van der Waals surface area contributed by atoms with Gasteiger partial charge in [0.1, 0.15) is 0 Å². The van der Waals surface area contributed by atoms with Gasteiger partial charge in [-0.05, 0) is 0 Å². The molecule has 1 rings (SSSR count). The highest BCUT2D eigenvalue weighted by molar-refractivity contribution is 5.74. The first kappa shape index (κ1) is 4.59. The van der Waals surface area contributed by atoms with Crippen molar-refractivity contribution in [3.8, 4) is 0 Å². The molecule has 1 aliphatic rings. The van der Waals surface area contributed by atoms with Gasteiger partial charge in [0.15, 0.2) is 12.2 Å². The Hall–Kier alpha value is -0.570. The maximum Gasteiger partial charge on any atom is 0.199 e. The second-order valence-corrected chi connectivity index (χ2v) is 1.53. The van der Waals surface area contributed by atoms with E-state index in [-0.39, 0.29) is 5.90 Å². The lowest BCUT2D eigenvalue weighted by Gasteiger charge is -1.96. The van der Waals surface area contributed by atoms with E-state index in [0.717, 1.165) is 0 Å². The van der Waals surface area contributed by atoms with E-state index in [1.54, 1.807) is 0 Å². The third-order valence-electron chi connectivity index (χ3n) is 0.897. The van der Waals surface area contributed by atoms with Crippen molar-refractivity contribution in [3.63, 3.8) is 0 Å². The Morgan fingerprint density at radius 3 is 2.71 bits per heavy atom. The third kappa shape index (κ3) is 0.899. The highest BCUT2D eigenvalue weighted by atomic mass is 16.6. The fourth-order valence-corrected chi connectivity index (χ4v) is 0.537. The summed E-state index contributed by atoms with van der Waals surface area (Å²) < 4.78 is 4.50. The molecule has 40 valence electrons. The number of hydrogen-bond acceptors (Lipinski definition) is 3. The van der Waals surface area contributed by atoms with Gasteiger partial charge in [0.2, 0.25) is 0 Å². The van der Waals surface area contributed by atoms with Crippen molar-refractivity contribution < 1.29 is 9.84 Å². The summed E-state index contributed by atoms with van der Waals surface area (Å²) in [7, 11) is 0. The fourth-order valence-electron chi connectivity index (χ4n) is 0.537. The van der Waals surface area contributed by atoms with Gasteiger partial charge in [-0.2, -0.15) is 0 Å². The van der Waals surface area contributed by atoms with Gasteiger partial charge in [0.05, 0.1) is 0 Å². The molecule has 0 spiro atoms. The van der Waals surface area contributed by atoms with Gasteiger partial charge in [-0.15, -0.1) is 0 Å². The first-order valence-corrected chi connectivity index (χ1v) is 2.21. The standard InChI is InChI=1S/C4H7NO2/c5-3-1-2-4(6)7-3/h4-6H,1-2H2. The Balaban J connectivity index is 2.40. The Morgan fingerprint density at radius 1 is 1.86 bits per heavy atom. The third-order valence-corrected chi connectivity index (χ3v) is 0.897. The summed E-state index contributed by atoms with van der Waals surface area (Å²) in [5.74, 6) is 0.201. The molecule has 1 aliphatic heterocycles. The predicted molar refractivity (Wildman–Crippen MR) is 24.1 cm³/mol. The average Bonchev–Trinajstić information content (AvgIpc) is 1.87. The highest BCUT2D eigenvalue weighted by Crippen LogP contribution is 2.09. The van der Waals surface area contributed by atoms with Crippen LogP contribution in [0.15, 0.2) is 0 Å². The van der Waals surface area contributed by atoms with Gasteiger partial charge >= 0.3 is 0 Å². The van der Waals surface area contributed by atoms with Crippen LogP contribution in [-0.2, 0) is 4.74 Å². The van der Waals surface area contributed by atoms with Gasteiger partial charge in [-0.3, -0.25) is 5.41 Å². The van der Waals surface area contributed by atoms with Crippen molar-refractivity contribution in [2.45, 2.75) is 19.1 Å². The van der Waals surface area contributed by atoms with Crippen molar-refractivity contribution >= 4 is 5.90 Å². The van der Waals surface area contributed by atoms with Crippen LogP contribution in [0.5, 0.6) is 0 Å². The lowest BCUT2D eigenvalue weighted by atomic mass is 10.3. The minimum atomic E-state index is -0.701. The molecule has 1 fully saturated rings. The summed E-state index contributed by atoms with van der Waals surface area (Å²) in [6, 6.07) is 0. The molecule has 7 heavy (non-hydrogen) atoms. The van der Waals surface area contributed by atoms with Gasteiger partial charge in [-0.25, -0.2) is 0 Å². The second-order valence-electron chi connectivity index (χ2n) is 1.53. The van der Waals surface area contributed by atoms with Gasteiger partial charge < -0.3 is 9.84 Å². The van der Waals surface area contributed by atoms with Crippen molar-refractivity contribution in [2.24, 2.45) is 0 Å². The van der Waals surface area contributed by atoms with E-state index in [2.05, 4.69) is 4.74 Å². The second kappa shape index (κ2) is 1.50. The van der Waals surface area contributed by atoms with Crippen LogP contribution < -0.4 is 0 Å². The SMILES string of the molecule is N=C1CCC(O)O1. The van der Waals surface area contributed by atoms with E-state index >= 15 is 0 Å². The fraction of sp³-hybridized carbons (Fsp3) is 0.750. The molecular formula is C4H7NO2. The predicted octanol–water partition coefficient (Wildman–Crippen LogP) is 0.0925. The number of aliphatic hydroxyl groups excluding tert-OH is 1. The zero-order chi connectivity index (χ0) is 5.28. The Kier molecular flexibility index (Phi) is 0.982. The molecule has 0 aliphatic carbocycles. The van der Waals surface area contributed by atoms with Crippen LogP contribution in [0.4, 0.5) is 0 Å².